The average molecular weight is 240 g/mol. The summed E-state index contributed by atoms with van der Waals surface area (Å²) in [5.74, 6) is 0.538. The molecule has 0 fully saturated rings. The third-order valence-electron chi connectivity index (χ3n) is 1.93. The molecule has 2 heterocycles. The molecule has 0 saturated carbocycles. The van der Waals surface area contributed by atoms with Gasteiger partial charge in [-0.2, -0.15) is 4.47 Å². The summed E-state index contributed by atoms with van der Waals surface area (Å²) in [6, 6.07) is 3.84. The van der Waals surface area contributed by atoms with Gasteiger partial charge < -0.3 is 0 Å². The summed E-state index contributed by atoms with van der Waals surface area (Å²) in [7, 11) is 0. The molecule has 0 aromatic carbocycles. The third-order valence-corrected chi connectivity index (χ3v) is 2.32. The van der Waals surface area contributed by atoms with Crippen molar-refractivity contribution in [2.24, 2.45) is 5.14 Å². The van der Waals surface area contributed by atoms with Gasteiger partial charge in [0, 0.05) is 6.20 Å². The van der Waals surface area contributed by atoms with Crippen molar-refractivity contribution in [3.63, 3.8) is 0 Å². The predicted octanol–water partition coefficient (Wildman–Crippen LogP) is 2.39. The van der Waals surface area contributed by atoms with Crippen LogP contribution < -0.4 is 9.61 Å². The molecular weight excluding hydrogens is 224 g/mol. The Bertz CT molecular complexity index is 457. The van der Waals surface area contributed by atoms with Gasteiger partial charge in [0.25, 0.3) is 0 Å². The molecular formula is C10H16N4OS. The lowest BCUT2D eigenvalue weighted by Crippen LogP contribution is -2.12. The fourth-order valence-corrected chi connectivity index (χ4v) is 1.51. The van der Waals surface area contributed by atoms with Crippen LogP contribution in [-0.4, -0.2) is 14.6 Å². The summed E-state index contributed by atoms with van der Waals surface area (Å²) in [5.41, 5.74) is 1.87. The summed E-state index contributed by atoms with van der Waals surface area (Å²) < 4.78 is 2.65. The average Bonchev–Trinajstić information content (AvgIpc) is 2.73. The fraction of sp³-hybridized carbons (Fsp3) is 0.300. The zero-order valence-electron chi connectivity index (χ0n) is 9.58. The number of imidazole rings is 1. The monoisotopic (exact) mass is 240 g/mol. The highest BCUT2D eigenvalue weighted by Gasteiger charge is 2.08. The normalized spacial score (nSPS) is 9.81. The molecule has 6 heteroatoms. The molecule has 0 radical (unpaired) electrons. The van der Waals surface area contributed by atoms with Crippen molar-refractivity contribution in [3.8, 4) is 0 Å². The second kappa shape index (κ2) is 5.74. The zero-order chi connectivity index (χ0) is 12.1. The Morgan fingerprint density at radius 1 is 1.44 bits per heavy atom. The van der Waals surface area contributed by atoms with Gasteiger partial charge in [-0.15, -0.1) is 0 Å². The van der Waals surface area contributed by atoms with Gasteiger partial charge in [0.05, 0.1) is 18.3 Å². The highest BCUT2D eigenvalue weighted by Crippen LogP contribution is 2.19. The van der Waals surface area contributed by atoms with E-state index in [1.54, 1.807) is 10.6 Å². The molecule has 0 aliphatic carbocycles. The number of nitrogens with two attached hydrogens (primary N) is 1. The lowest BCUT2D eigenvalue weighted by Gasteiger charge is -2.10. The molecule has 5 nitrogen and oxygen atoms in total. The lowest BCUT2D eigenvalue weighted by atomic mass is 10.3. The lowest BCUT2D eigenvalue weighted by molar-refractivity contribution is 0.328. The number of nitrogens with zero attached hydrogens (tertiary/aromatic N) is 3. The maximum atomic E-state index is 9.42. The van der Waals surface area contributed by atoms with Gasteiger partial charge in [-0.05, 0) is 18.6 Å². The maximum Gasteiger partial charge on any atom is 0.171 e. The Balaban J connectivity index is 0.000000606. The number of aryl methyl sites for hydroxylation is 1. The van der Waals surface area contributed by atoms with E-state index >= 15 is 0 Å². The van der Waals surface area contributed by atoms with Gasteiger partial charge in [-0.25, -0.2) is 4.98 Å². The number of hydrogen-bond acceptors (Lipinski definition) is 5. The Morgan fingerprint density at radius 2 is 2.12 bits per heavy atom. The molecule has 0 unspecified atom stereocenters. The first-order valence-electron chi connectivity index (χ1n) is 5.02. The standard InChI is InChI=1S/C8H10N4OS.C2H6/c1-6-2-3-7-10-4-8(11(7)5-6)12(13)14-9;1-2/h2-5,13H,9H2,1H3;1-2H3. The molecule has 88 valence electrons. The van der Waals surface area contributed by atoms with Crippen molar-refractivity contribution in [2.75, 3.05) is 4.47 Å². The van der Waals surface area contributed by atoms with Gasteiger partial charge in [-0.1, -0.05) is 19.9 Å². The summed E-state index contributed by atoms with van der Waals surface area (Å²) >= 11 is 0.731. The number of hydrogen-bond donors (Lipinski definition) is 2. The van der Waals surface area contributed by atoms with E-state index in [4.69, 9.17) is 5.14 Å². The summed E-state index contributed by atoms with van der Waals surface area (Å²) in [6.45, 7) is 5.97. The van der Waals surface area contributed by atoms with E-state index in [2.05, 4.69) is 4.98 Å². The third kappa shape index (κ3) is 2.46. The first-order chi connectivity index (χ1) is 7.72. The van der Waals surface area contributed by atoms with Gasteiger partial charge in [-0.3, -0.25) is 14.7 Å². The van der Waals surface area contributed by atoms with Crippen LogP contribution >= 0.6 is 12.1 Å². The summed E-state index contributed by atoms with van der Waals surface area (Å²) in [5, 5.41) is 14.7. The molecule has 2 rings (SSSR count). The molecule has 0 aliphatic heterocycles. The molecule has 0 amide bonds. The van der Waals surface area contributed by atoms with Crippen molar-refractivity contribution in [1.82, 2.24) is 9.38 Å². The van der Waals surface area contributed by atoms with Crippen molar-refractivity contribution in [2.45, 2.75) is 20.8 Å². The van der Waals surface area contributed by atoms with Crippen LogP contribution in [0, 0.1) is 6.92 Å². The van der Waals surface area contributed by atoms with E-state index in [1.165, 1.54) is 0 Å². The van der Waals surface area contributed by atoms with Crippen LogP contribution in [0.15, 0.2) is 24.5 Å². The molecule has 0 saturated heterocycles. The van der Waals surface area contributed by atoms with Crippen LogP contribution in [0.5, 0.6) is 0 Å². The summed E-state index contributed by atoms with van der Waals surface area (Å²) in [6.07, 6.45) is 3.45. The van der Waals surface area contributed by atoms with Crippen LogP contribution in [0.2, 0.25) is 0 Å². The molecule has 3 N–H and O–H groups in total. The van der Waals surface area contributed by atoms with E-state index < -0.39 is 0 Å². The second-order valence-electron chi connectivity index (χ2n) is 2.93. The van der Waals surface area contributed by atoms with E-state index in [1.807, 2.05) is 39.1 Å². The Morgan fingerprint density at radius 3 is 2.75 bits per heavy atom. The Labute approximate surface area is 99.1 Å². The molecule has 0 atom stereocenters. The van der Waals surface area contributed by atoms with Crippen LogP contribution in [-0.2, 0) is 0 Å². The van der Waals surface area contributed by atoms with Gasteiger partial charge in [0.15, 0.2) is 5.82 Å². The smallest absolute Gasteiger partial charge is 0.171 e. The Hall–Kier alpha value is -1.24. The van der Waals surface area contributed by atoms with Crippen molar-refractivity contribution in [3.05, 3.63) is 30.1 Å². The van der Waals surface area contributed by atoms with E-state index in [0.29, 0.717) is 5.82 Å². The van der Waals surface area contributed by atoms with Crippen molar-refractivity contribution in [1.29, 1.82) is 0 Å². The number of anilines is 1. The highest BCUT2D eigenvalue weighted by atomic mass is 32.2. The van der Waals surface area contributed by atoms with Gasteiger partial charge >= 0.3 is 0 Å². The quantitative estimate of drug-likeness (QED) is 0.623. The minimum absolute atomic E-state index is 0.538. The summed E-state index contributed by atoms with van der Waals surface area (Å²) in [4.78, 5) is 4.12. The number of fused-ring (bicyclic) bond motifs is 1. The number of rotatable bonds is 2. The van der Waals surface area contributed by atoms with Crippen LogP contribution in [0.25, 0.3) is 5.65 Å². The van der Waals surface area contributed by atoms with E-state index in [9.17, 15) is 5.21 Å². The topological polar surface area (TPSA) is 66.8 Å². The first kappa shape index (κ1) is 12.8. The van der Waals surface area contributed by atoms with Crippen LogP contribution in [0.4, 0.5) is 5.82 Å². The zero-order valence-corrected chi connectivity index (χ0v) is 10.4. The fourth-order valence-electron chi connectivity index (χ4n) is 1.27. The molecule has 2 aromatic heterocycles. The SMILES string of the molecule is CC.Cc1ccc2ncc(N(O)SN)n2c1. The largest absolute Gasteiger partial charge is 0.283 e. The van der Waals surface area contributed by atoms with Gasteiger partial charge in [0.1, 0.15) is 5.65 Å². The molecule has 16 heavy (non-hydrogen) atoms. The number of aromatic nitrogens is 2. The first-order valence-corrected chi connectivity index (χ1v) is 5.85. The predicted molar refractivity (Wildman–Crippen MR) is 67.3 cm³/mol. The van der Waals surface area contributed by atoms with Crippen molar-refractivity contribution >= 4 is 23.6 Å². The van der Waals surface area contributed by atoms with Crippen molar-refractivity contribution < 1.29 is 5.21 Å². The van der Waals surface area contributed by atoms with E-state index in [-0.39, 0.29) is 0 Å². The Kier molecular flexibility index (Phi) is 4.60. The molecule has 0 spiro atoms. The highest BCUT2D eigenvalue weighted by molar-refractivity contribution is 7.98. The molecule has 0 aliphatic rings. The number of pyridine rings is 1. The maximum absolute atomic E-state index is 9.42. The van der Waals surface area contributed by atoms with E-state index in [0.717, 1.165) is 27.8 Å². The second-order valence-corrected chi connectivity index (χ2v) is 3.49. The minimum atomic E-state index is 0.538. The molecule has 2 aromatic rings. The van der Waals surface area contributed by atoms with Gasteiger partial charge in [0.2, 0.25) is 0 Å². The van der Waals surface area contributed by atoms with Crippen LogP contribution in [0.1, 0.15) is 19.4 Å². The minimum Gasteiger partial charge on any atom is -0.283 e. The molecule has 0 bridgehead atoms. The van der Waals surface area contributed by atoms with Crippen LogP contribution in [0.3, 0.4) is 0 Å².